The predicted octanol–water partition coefficient (Wildman–Crippen LogP) is 1.29. The van der Waals surface area contributed by atoms with Crippen LogP contribution in [0.15, 0.2) is 0 Å². The highest BCUT2D eigenvalue weighted by atomic mass is 19.3. The van der Waals surface area contributed by atoms with E-state index in [0.717, 1.165) is 0 Å². The van der Waals surface area contributed by atoms with Gasteiger partial charge in [0.2, 0.25) is 0 Å². The molecule has 1 N–H and O–H groups in total. The molecule has 0 bridgehead atoms. The first-order valence-electron chi connectivity index (χ1n) is 2.27. The van der Waals surface area contributed by atoms with E-state index in [4.69, 9.17) is 5.11 Å². The summed E-state index contributed by atoms with van der Waals surface area (Å²) in [7, 11) is 0. The summed E-state index contributed by atoms with van der Waals surface area (Å²) in [6.45, 7) is -3.35. The van der Waals surface area contributed by atoms with Gasteiger partial charge in [0.25, 0.3) is 0 Å². The molecule has 0 aromatic heterocycles. The third-order valence-corrected chi connectivity index (χ3v) is 0.602. The van der Waals surface area contributed by atoms with Crippen molar-refractivity contribution in [2.24, 2.45) is 0 Å². The SMILES string of the molecule is O=C(O)OCC(F)(F)CF. The predicted molar refractivity (Wildman–Crippen MR) is 24.9 cm³/mol. The molecule has 0 aliphatic heterocycles. The van der Waals surface area contributed by atoms with Gasteiger partial charge in [-0.2, -0.15) is 8.78 Å². The molecule has 0 saturated carbocycles. The lowest BCUT2D eigenvalue weighted by Gasteiger charge is -2.09. The lowest BCUT2D eigenvalue weighted by molar-refractivity contribution is -0.0775. The first kappa shape index (κ1) is 9.06. The van der Waals surface area contributed by atoms with Crippen molar-refractivity contribution in [2.75, 3.05) is 13.3 Å². The van der Waals surface area contributed by atoms with Gasteiger partial charge in [0, 0.05) is 0 Å². The van der Waals surface area contributed by atoms with E-state index in [0.29, 0.717) is 0 Å². The Kier molecular flexibility index (Phi) is 2.98. The third kappa shape index (κ3) is 3.99. The van der Waals surface area contributed by atoms with Crippen LogP contribution >= 0.6 is 0 Å². The fourth-order valence-corrected chi connectivity index (χ4v) is 0.206. The maximum atomic E-state index is 11.7. The zero-order chi connectivity index (χ0) is 8.20. The molecule has 3 nitrogen and oxygen atoms in total. The zero-order valence-electron chi connectivity index (χ0n) is 4.81. The van der Waals surface area contributed by atoms with Gasteiger partial charge in [0.05, 0.1) is 0 Å². The Hall–Kier alpha value is -0.940. The average Bonchev–Trinajstić information content (AvgIpc) is 1.85. The zero-order valence-corrected chi connectivity index (χ0v) is 4.81. The normalized spacial score (nSPS) is 11.1. The summed E-state index contributed by atoms with van der Waals surface area (Å²) in [4.78, 5) is 9.48. The van der Waals surface area contributed by atoms with Crippen molar-refractivity contribution < 1.29 is 27.8 Å². The van der Waals surface area contributed by atoms with E-state index in [1.807, 2.05) is 0 Å². The number of ether oxygens (including phenoxy) is 1. The molecule has 0 atom stereocenters. The fraction of sp³-hybridized carbons (Fsp3) is 0.750. The number of rotatable bonds is 3. The molecule has 0 aliphatic rings. The molecule has 0 radical (unpaired) electrons. The van der Waals surface area contributed by atoms with Gasteiger partial charge in [-0.15, -0.1) is 0 Å². The number of carboxylic acid groups (broad SMARTS) is 1. The molecule has 0 fully saturated rings. The maximum absolute atomic E-state index is 11.7. The van der Waals surface area contributed by atoms with E-state index in [2.05, 4.69) is 4.74 Å². The molecule has 0 aromatic carbocycles. The van der Waals surface area contributed by atoms with Crippen molar-refractivity contribution in [3.63, 3.8) is 0 Å². The first-order valence-corrected chi connectivity index (χ1v) is 2.27. The van der Waals surface area contributed by atoms with Crippen molar-refractivity contribution >= 4 is 6.16 Å². The molecule has 0 amide bonds. The van der Waals surface area contributed by atoms with E-state index in [9.17, 15) is 18.0 Å². The van der Waals surface area contributed by atoms with Crippen LogP contribution in [0.4, 0.5) is 18.0 Å². The highest BCUT2D eigenvalue weighted by molar-refractivity contribution is 5.56. The Morgan fingerprint density at radius 2 is 2.10 bits per heavy atom. The minimum absolute atomic E-state index is 1.43. The summed E-state index contributed by atoms with van der Waals surface area (Å²) in [5.74, 6) is -3.70. The van der Waals surface area contributed by atoms with E-state index in [1.165, 1.54) is 0 Å². The molecule has 0 spiro atoms. The molecule has 0 saturated heterocycles. The van der Waals surface area contributed by atoms with Gasteiger partial charge in [0.1, 0.15) is 0 Å². The molecular weight excluding hydrogens is 153 g/mol. The minimum Gasteiger partial charge on any atom is -0.450 e. The minimum atomic E-state index is -3.70. The molecule has 6 heteroatoms. The molecule has 60 valence electrons. The van der Waals surface area contributed by atoms with Gasteiger partial charge < -0.3 is 9.84 Å². The Labute approximate surface area is 54.4 Å². The molecule has 0 unspecified atom stereocenters. The van der Waals surface area contributed by atoms with Crippen molar-refractivity contribution in [3.8, 4) is 0 Å². The lowest BCUT2D eigenvalue weighted by Crippen LogP contribution is -2.27. The second-order valence-electron chi connectivity index (χ2n) is 1.54. The summed E-state index contributed by atoms with van der Waals surface area (Å²) in [6, 6.07) is 0. The molecule has 0 aromatic rings. The number of hydrogen-bond acceptors (Lipinski definition) is 2. The first-order chi connectivity index (χ1) is 4.48. The van der Waals surface area contributed by atoms with Crippen molar-refractivity contribution in [1.29, 1.82) is 0 Å². The van der Waals surface area contributed by atoms with Crippen LogP contribution < -0.4 is 0 Å². The summed E-state index contributed by atoms with van der Waals surface area (Å²) in [5.41, 5.74) is 0. The van der Waals surface area contributed by atoms with Gasteiger partial charge in [-0.25, -0.2) is 9.18 Å². The van der Waals surface area contributed by atoms with E-state index in [-0.39, 0.29) is 0 Å². The van der Waals surface area contributed by atoms with E-state index in [1.54, 1.807) is 0 Å². The van der Waals surface area contributed by atoms with Crippen LogP contribution in [0.25, 0.3) is 0 Å². The molecule has 10 heavy (non-hydrogen) atoms. The van der Waals surface area contributed by atoms with Crippen LogP contribution in [-0.2, 0) is 4.74 Å². The molecule has 0 heterocycles. The highest BCUT2D eigenvalue weighted by Crippen LogP contribution is 2.13. The quantitative estimate of drug-likeness (QED) is 0.629. The van der Waals surface area contributed by atoms with Crippen LogP contribution in [0.2, 0.25) is 0 Å². The summed E-state index contributed by atoms with van der Waals surface area (Å²) in [5, 5.41) is 7.69. The van der Waals surface area contributed by atoms with Gasteiger partial charge in [-0.05, 0) is 0 Å². The summed E-state index contributed by atoms with van der Waals surface area (Å²) < 4.78 is 38.1. The smallest absolute Gasteiger partial charge is 0.450 e. The van der Waals surface area contributed by atoms with Crippen LogP contribution in [0.3, 0.4) is 0 Å². The van der Waals surface area contributed by atoms with Gasteiger partial charge in [0.15, 0.2) is 13.3 Å². The number of carbonyl (C=O) groups is 1. The Morgan fingerprint density at radius 1 is 1.60 bits per heavy atom. The van der Waals surface area contributed by atoms with Crippen molar-refractivity contribution in [2.45, 2.75) is 5.92 Å². The van der Waals surface area contributed by atoms with Crippen molar-refractivity contribution in [3.05, 3.63) is 0 Å². The van der Waals surface area contributed by atoms with Crippen LogP contribution in [0.1, 0.15) is 0 Å². The summed E-state index contributed by atoms with van der Waals surface area (Å²) >= 11 is 0. The topological polar surface area (TPSA) is 46.5 Å². The number of alkyl halides is 3. The van der Waals surface area contributed by atoms with Gasteiger partial charge in [-0.3, -0.25) is 0 Å². The lowest BCUT2D eigenvalue weighted by atomic mass is 10.4. The average molecular weight is 158 g/mol. The largest absolute Gasteiger partial charge is 0.505 e. The van der Waals surface area contributed by atoms with Crippen LogP contribution in [0, 0.1) is 0 Å². The highest BCUT2D eigenvalue weighted by Gasteiger charge is 2.30. The fourth-order valence-electron chi connectivity index (χ4n) is 0.206. The maximum Gasteiger partial charge on any atom is 0.505 e. The molecular formula is C4H5F3O3. The van der Waals surface area contributed by atoms with Gasteiger partial charge in [-0.1, -0.05) is 0 Å². The Bertz CT molecular complexity index is 125. The standard InChI is InChI=1S/C4H5F3O3/c5-1-4(6,7)2-10-3(8)9/h1-2H2,(H,8,9). The Balaban J connectivity index is 3.56. The number of hydrogen-bond donors (Lipinski definition) is 1. The van der Waals surface area contributed by atoms with E-state index >= 15 is 0 Å². The van der Waals surface area contributed by atoms with Crippen molar-refractivity contribution in [1.82, 2.24) is 0 Å². The van der Waals surface area contributed by atoms with Crippen LogP contribution in [-0.4, -0.2) is 30.5 Å². The second kappa shape index (κ2) is 3.28. The monoisotopic (exact) mass is 158 g/mol. The van der Waals surface area contributed by atoms with Crippen LogP contribution in [0.5, 0.6) is 0 Å². The van der Waals surface area contributed by atoms with Gasteiger partial charge >= 0.3 is 12.1 Å². The molecule has 0 rings (SSSR count). The second-order valence-corrected chi connectivity index (χ2v) is 1.54. The van der Waals surface area contributed by atoms with E-state index < -0.39 is 25.4 Å². The number of halogens is 3. The summed E-state index contributed by atoms with van der Waals surface area (Å²) in [6.07, 6.45) is -1.84. The third-order valence-electron chi connectivity index (χ3n) is 0.602. The Morgan fingerprint density at radius 3 is 2.40 bits per heavy atom. The molecule has 0 aliphatic carbocycles.